The molecule has 0 aliphatic rings. The molecule has 0 atom stereocenters. The molecule has 112 valence electrons. The number of aromatic nitrogens is 2. The molecule has 23 heavy (non-hydrogen) atoms. The van der Waals surface area contributed by atoms with Crippen molar-refractivity contribution in [3.05, 3.63) is 77.1 Å². The molecule has 0 spiro atoms. The largest absolute Gasteiger partial charge is 0.337 e. The first-order valence-corrected chi connectivity index (χ1v) is 8.52. The lowest BCUT2D eigenvalue weighted by Gasteiger charge is -1.99. The Kier molecular flexibility index (Phi) is 3.74. The van der Waals surface area contributed by atoms with Crippen molar-refractivity contribution < 1.29 is 0 Å². The lowest BCUT2D eigenvalue weighted by atomic mass is 10.1. The molecule has 2 heterocycles. The summed E-state index contributed by atoms with van der Waals surface area (Å²) in [5, 5.41) is 2.78. The summed E-state index contributed by atoms with van der Waals surface area (Å²) in [4.78, 5) is 9.48. The first kappa shape index (κ1) is 14.2. The van der Waals surface area contributed by atoms with Crippen LogP contribution in [0.5, 0.6) is 0 Å². The maximum Gasteiger partial charge on any atom is 0.138 e. The summed E-state index contributed by atoms with van der Waals surface area (Å²) in [6, 6.07) is 22.1. The smallest absolute Gasteiger partial charge is 0.138 e. The van der Waals surface area contributed by atoms with Crippen LogP contribution in [0, 0.1) is 0 Å². The summed E-state index contributed by atoms with van der Waals surface area (Å²) >= 11 is 7.82. The number of thiophene rings is 1. The molecule has 2 nitrogen and oxygen atoms in total. The van der Waals surface area contributed by atoms with E-state index in [0.717, 1.165) is 28.3 Å². The van der Waals surface area contributed by atoms with E-state index in [2.05, 4.69) is 34.6 Å². The van der Waals surface area contributed by atoms with Crippen LogP contribution in [0.3, 0.4) is 0 Å². The molecular weight excluding hydrogens is 324 g/mol. The van der Waals surface area contributed by atoms with Gasteiger partial charge in [-0.25, -0.2) is 4.98 Å². The molecule has 0 saturated heterocycles. The molecule has 2 aromatic heterocycles. The molecule has 0 fully saturated rings. The fourth-order valence-corrected chi connectivity index (χ4v) is 3.47. The zero-order valence-corrected chi connectivity index (χ0v) is 13.7. The van der Waals surface area contributed by atoms with Crippen LogP contribution in [0.1, 0.15) is 0 Å². The van der Waals surface area contributed by atoms with Crippen LogP contribution in [0.4, 0.5) is 0 Å². The van der Waals surface area contributed by atoms with Crippen molar-refractivity contribution in [1.29, 1.82) is 0 Å². The van der Waals surface area contributed by atoms with E-state index in [1.807, 2.05) is 42.5 Å². The fraction of sp³-hybridized carbons (Fsp3) is 0. The minimum absolute atomic E-state index is 0.706. The van der Waals surface area contributed by atoms with Gasteiger partial charge in [-0.05, 0) is 23.6 Å². The maximum absolute atomic E-state index is 6.12. The van der Waals surface area contributed by atoms with Crippen LogP contribution in [0.15, 0.2) is 72.1 Å². The highest BCUT2D eigenvalue weighted by Crippen LogP contribution is 2.35. The Morgan fingerprint density at radius 3 is 2.43 bits per heavy atom. The second-order valence-corrected chi connectivity index (χ2v) is 6.55. The van der Waals surface area contributed by atoms with Gasteiger partial charge in [0.1, 0.15) is 5.82 Å². The van der Waals surface area contributed by atoms with Gasteiger partial charge in [-0.1, -0.05) is 60.1 Å². The maximum atomic E-state index is 6.12. The first-order valence-electron chi connectivity index (χ1n) is 7.26. The molecular formula is C19H13ClN2S. The van der Waals surface area contributed by atoms with Gasteiger partial charge < -0.3 is 4.98 Å². The lowest BCUT2D eigenvalue weighted by Crippen LogP contribution is -1.81. The molecule has 1 N–H and O–H groups in total. The van der Waals surface area contributed by atoms with E-state index in [4.69, 9.17) is 16.6 Å². The van der Waals surface area contributed by atoms with Gasteiger partial charge >= 0.3 is 0 Å². The second-order valence-electron chi connectivity index (χ2n) is 5.16. The standard InChI is InChI=1S/C19H13ClN2S/c20-15-9-4-8-14(12-15)19-21-17(13-6-2-1-3-7-13)18(22-19)16-10-5-11-23-16/h1-12H,(H,21,22). The summed E-state index contributed by atoms with van der Waals surface area (Å²) in [6.45, 7) is 0. The summed E-state index contributed by atoms with van der Waals surface area (Å²) in [5.74, 6) is 0.828. The average molecular weight is 337 g/mol. The quantitative estimate of drug-likeness (QED) is 0.479. The monoisotopic (exact) mass is 336 g/mol. The van der Waals surface area contributed by atoms with Gasteiger partial charge in [0.2, 0.25) is 0 Å². The fourth-order valence-electron chi connectivity index (χ4n) is 2.55. The second kappa shape index (κ2) is 6.03. The van der Waals surface area contributed by atoms with E-state index in [-0.39, 0.29) is 0 Å². The Morgan fingerprint density at radius 1 is 0.870 bits per heavy atom. The topological polar surface area (TPSA) is 28.7 Å². The van der Waals surface area contributed by atoms with Crippen molar-refractivity contribution in [2.24, 2.45) is 0 Å². The minimum atomic E-state index is 0.706. The highest BCUT2D eigenvalue weighted by Gasteiger charge is 2.15. The molecule has 0 saturated carbocycles. The Labute approximate surface area is 143 Å². The molecule has 4 aromatic rings. The first-order chi connectivity index (χ1) is 11.3. The third kappa shape index (κ3) is 2.81. The molecule has 0 amide bonds. The van der Waals surface area contributed by atoms with Crippen LogP contribution >= 0.6 is 22.9 Å². The van der Waals surface area contributed by atoms with Crippen LogP contribution in [-0.4, -0.2) is 9.97 Å². The highest BCUT2D eigenvalue weighted by molar-refractivity contribution is 7.13. The van der Waals surface area contributed by atoms with E-state index in [9.17, 15) is 0 Å². The number of benzene rings is 2. The normalized spacial score (nSPS) is 10.8. The number of hydrogen-bond acceptors (Lipinski definition) is 2. The number of nitrogens with one attached hydrogen (secondary N) is 1. The predicted octanol–water partition coefficient (Wildman–Crippen LogP) is 6.13. The Hall–Kier alpha value is -2.36. The molecule has 0 aliphatic carbocycles. The zero-order chi connectivity index (χ0) is 15.6. The molecule has 4 heteroatoms. The van der Waals surface area contributed by atoms with E-state index < -0.39 is 0 Å². The van der Waals surface area contributed by atoms with Crippen molar-refractivity contribution in [2.75, 3.05) is 0 Å². The summed E-state index contributed by atoms with van der Waals surface area (Å²) in [7, 11) is 0. The number of aromatic amines is 1. The molecule has 0 bridgehead atoms. The minimum Gasteiger partial charge on any atom is -0.337 e. The predicted molar refractivity (Wildman–Crippen MR) is 97.8 cm³/mol. The zero-order valence-electron chi connectivity index (χ0n) is 12.2. The molecule has 0 radical (unpaired) electrons. The van der Waals surface area contributed by atoms with Crippen molar-refractivity contribution in [1.82, 2.24) is 9.97 Å². The SMILES string of the molecule is Clc1cccc(-c2nc(-c3ccccc3)c(-c3cccs3)[nH]2)c1. The van der Waals surface area contributed by atoms with Crippen LogP contribution in [-0.2, 0) is 0 Å². The van der Waals surface area contributed by atoms with Crippen LogP contribution in [0.25, 0.3) is 33.2 Å². The number of hydrogen-bond donors (Lipinski definition) is 1. The highest BCUT2D eigenvalue weighted by atomic mass is 35.5. The average Bonchev–Trinajstić information content (AvgIpc) is 3.25. The number of imidazole rings is 1. The van der Waals surface area contributed by atoms with E-state index in [1.54, 1.807) is 11.3 Å². The van der Waals surface area contributed by atoms with Crippen molar-refractivity contribution in [2.45, 2.75) is 0 Å². The van der Waals surface area contributed by atoms with E-state index in [0.29, 0.717) is 5.02 Å². The number of rotatable bonds is 3. The Bertz CT molecular complexity index is 927. The molecule has 2 aromatic carbocycles. The lowest BCUT2D eigenvalue weighted by molar-refractivity contribution is 1.31. The van der Waals surface area contributed by atoms with Gasteiger partial charge in [-0.2, -0.15) is 0 Å². The Balaban J connectivity index is 1.91. The Morgan fingerprint density at radius 2 is 1.70 bits per heavy atom. The molecule has 4 rings (SSSR count). The number of H-pyrrole nitrogens is 1. The summed E-state index contributed by atoms with van der Waals surface area (Å²) in [6.07, 6.45) is 0. The third-order valence-corrected chi connectivity index (χ3v) is 4.74. The summed E-state index contributed by atoms with van der Waals surface area (Å²) in [5.41, 5.74) is 4.09. The number of nitrogens with zero attached hydrogens (tertiary/aromatic N) is 1. The van der Waals surface area contributed by atoms with Crippen LogP contribution < -0.4 is 0 Å². The van der Waals surface area contributed by atoms with Gasteiger partial charge in [0.05, 0.1) is 16.3 Å². The molecule has 0 unspecified atom stereocenters. The van der Waals surface area contributed by atoms with Gasteiger partial charge in [0.15, 0.2) is 0 Å². The summed E-state index contributed by atoms with van der Waals surface area (Å²) < 4.78 is 0. The van der Waals surface area contributed by atoms with Crippen molar-refractivity contribution >= 4 is 22.9 Å². The van der Waals surface area contributed by atoms with Gasteiger partial charge in [0, 0.05) is 16.1 Å². The van der Waals surface area contributed by atoms with Gasteiger partial charge in [-0.15, -0.1) is 11.3 Å². The van der Waals surface area contributed by atoms with Crippen LogP contribution in [0.2, 0.25) is 5.02 Å². The van der Waals surface area contributed by atoms with E-state index >= 15 is 0 Å². The van der Waals surface area contributed by atoms with Crippen molar-refractivity contribution in [3.8, 4) is 33.2 Å². The third-order valence-electron chi connectivity index (χ3n) is 3.62. The number of halogens is 1. The van der Waals surface area contributed by atoms with Crippen molar-refractivity contribution in [3.63, 3.8) is 0 Å². The molecule has 0 aliphatic heterocycles. The van der Waals surface area contributed by atoms with Gasteiger partial charge in [-0.3, -0.25) is 0 Å². The van der Waals surface area contributed by atoms with E-state index in [1.165, 1.54) is 4.88 Å². The van der Waals surface area contributed by atoms with Gasteiger partial charge in [0.25, 0.3) is 0 Å².